The fourth-order valence-electron chi connectivity index (χ4n) is 3.56. The molecule has 1 atom stereocenters. The van der Waals surface area contributed by atoms with E-state index in [0.717, 1.165) is 12.1 Å². The molecule has 1 fully saturated rings. The van der Waals surface area contributed by atoms with E-state index in [0.29, 0.717) is 34.2 Å². The van der Waals surface area contributed by atoms with Gasteiger partial charge in [0.1, 0.15) is 11.5 Å². The second kappa shape index (κ2) is 8.03. The lowest BCUT2D eigenvalue weighted by Crippen LogP contribution is -2.27. The molecule has 3 aromatic carbocycles. The molecule has 0 radical (unpaired) electrons. The van der Waals surface area contributed by atoms with Gasteiger partial charge in [-0.1, -0.05) is 23.7 Å². The average molecular weight is 432 g/mol. The quantitative estimate of drug-likeness (QED) is 0.444. The summed E-state index contributed by atoms with van der Waals surface area (Å²) >= 11 is 5.87. The van der Waals surface area contributed by atoms with Gasteiger partial charge in [0.15, 0.2) is 0 Å². The van der Waals surface area contributed by atoms with Crippen LogP contribution in [0.1, 0.15) is 30.0 Å². The normalized spacial score (nSPS) is 16.7. The summed E-state index contributed by atoms with van der Waals surface area (Å²) in [4.78, 5) is 14.1. The Kier molecular flexibility index (Phi) is 5.43. The van der Waals surface area contributed by atoms with Gasteiger partial charge < -0.3 is 9.64 Å². The van der Waals surface area contributed by atoms with E-state index < -0.39 is 17.8 Å². The van der Waals surface area contributed by atoms with Crippen LogP contribution >= 0.6 is 11.6 Å². The number of halogens is 4. The zero-order chi connectivity index (χ0) is 21.3. The summed E-state index contributed by atoms with van der Waals surface area (Å²) in [5, 5.41) is 0.603. The Balaban J connectivity index is 1.57. The Morgan fingerprint density at radius 2 is 1.57 bits per heavy atom. The molecule has 1 heterocycles. The van der Waals surface area contributed by atoms with Crippen LogP contribution in [0.3, 0.4) is 0 Å². The van der Waals surface area contributed by atoms with E-state index in [1.807, 2.05) is 0 Å². The van der Waals surface area contributed by atoms with Crippen molar-refractivity contribution in [1.29, 1.82) is 0 Å². The van der Waals surface area contributed by atoms with E-state index in [1.165, 1.54) is 6.07 Å². The Labute approximate surface area is 176 Å². The second-order valence-electron chi connectivity index (χ2n) is 6.99. The van der Waals surface area contributed by atoms with E-state index in [2.05, 4.69) is 0 Å². The number of carbonyl (C=O) groups is 1. The summed E-state index contributed by atoms with van der Waals surface area (Å²) < 4.78 is 45.0. The minimum absolute atomic E-state index is 0.121. The largest absolute Gasteiger partial charge is 0.457 e. The van der Waals surface area contributed by atoms with Crippen LogP contribution in [-0.2, 0) is 11.0 Å². The summed E-state index contributed by atoms with van der Waals surface area (Å²) in [6.07, 6.45) is -3.68. The molecule has 0 spiro atoms. The minimum Gasteiger partial charge on any atom is -0.457 e. The van der Waals surface area contributed by atoms with Gasteiger partial charge >= 0.3 is 6.18 Å². The van der Waals surface area contributed by atoms with Crippen molar-refractivity contribution in [2.75, 3.05) is 4.90 Å². The highest BCUT2D eigenvalue weighted by Crippen LogP contribution is 2.39. The summed E-state index contributed by atoms with van der Waals surface area (Å²) in [7, 11) is 0. The van der Waals surface area contributed by atoms with Crippen LogP contribution in [-0.4, -0.2) is 5.91 Å². The van der Waals surface area contributed by atoms with Crippen LogP contribution < -0.4 is 9.64 Å². The molecule has 1 aliphatic rings. The van der Waals surface area contributed by atoms with E-state index in [1.54, 1.807) is 59.5 Å². The number of carbonyl (C=O) groups excluding carboxylic acids is 1. The van der Waals surface area contributed by atoms with E-state index in [4.69, 9.17) is 16.3 Å². The topological polar surface area (TPSA) is 29.5 Å². The molecule has 3 nitrogen and oxygen atoms in total. The third-order valence-electron chi connectivity index (χ3n) is 4.97. The molecule has 1 amide bonds. The average Bonchev–Trinajstić information content (AvgIpc) is 3.11. The Morgan fingerprint density at radius 1 is 0.933 bits per heavy atom. The summed E-state index contributed by atoms with van der Waals surface area (Å²) in [6, 6.07) is 18.5. The number of hydrogen-bond donors (Lipinski definition) is 0. The first-order chi connectivity index (χ1) is 14.3. The highest BCUT2D eigenvalue weighted by atomic mass is 35.5. The minimum atomic E-state index is -4.43. The van der Waals surface area contributed by atoms with Crippen LogP contribution in [0.4, 0.5) is 18.9 Å². The smallest absolute Gasteiger partial charge is 0.416 e. The highest BCUT2D eigenvalue weighted by Gasteiger charge is 2.36. The van der Waals surface area contributed by atoms with Crippen molar-refractivity contribution in [2.45, 2.75) is 25.1 Å². The molecule has 0 aromatic heterocycles. The summed E-state index contributed by atoms with van der Waals surface area (Å²) in [5.74, 6) is 1.07. The van der Waals surface area contributed by atoms with E-state index in [9.17, 15) is 18.0 Å². The van der Waals surface area contributed by atoms with Crippen molar-refractivity contribution in [3.05, 3.63) is 88.9 Å². The molecular weight excluding hydrogens is 415 g/mol. The second-order valence-corrected chi connectivity index (χ2v) is 7.43. The van der Waals surface area contributed by atoms with E-state index >= 15 is 0 Å². The third kappa shape index (κ3) is 4.28. The molecule has 1 unspecified atom stereocenters. The van der Waals surface area contributed by atoms with Gasteiger partial charge in [-0.3, -0.25) is 4.79 Å². The summed E-state index contributed by atoms with van der Waals surface area (Å²) in [5.41, 5.74) is 0.367. The Hall–Kier alpha value is -2.99. The predicted octanol–water partition coefficient (Wildman–Crippen LogP) is 7.02. The van der Waals surface area contributed by atoms with E-state index in [-0.39, 0.29) is 12.3 Å². The number of nitrogens with zero attached hydrogens (tertiary/aromatic N) is 1. The zero-order valence-electron chi connectivity index (χ0n) is 15.7. The standard InChI is InChI=1S/C23H17ClF3NO2/c24-17-4-8-19(9-5-17)30-20-10-6-18(7-11-20)28-21(12-13-22(28)29)15-2-1-3-16(14-15)23(25,26)27/h1-11,14,21H,12-13H2. The third-order valence-corrected chi connectivity index (χ3v) is 5.23. The van der Waals surface area contributed by atoms with Crippen molar-refractivity contribution in [1.82, 2.24) is 0 Å². The lowest BCUT2D eigenvalue weighted by atomic mass is 10.0. The lowest BCUT2D eigenvalue weighted by Gasteiger charge is -2.26. The van der Waals surface area contributed by atoms with Crippen LogP contribution in [0, 0.1) is 0 Å². The maximum atomic E-state index is 13.1. The molecule has 1 aliphatic heterocycles. The highest BCUT2D eigenvalue weighted by molar-refractivity contribution is 6.30. The molecule has 4 rings (SSSR count). The Bertz CT molecular complexity index is 1050. The van der Waals surface area contributed by atoms with Gasteiger partial charge in [-0.25, -0.2) is 0 Å². The van der Waals surface area contributed by atoms with Gasteiger partial charge in [0.05, 0.1) is 11.6 Å². The molecule has 0 saturated carbocycles. The molecule has 3 aromatic rings. The van der Waals surface area contributed by atoms with Crippen molar-refractivity contribution < 1.29 is 22.7 Å². The molecule has 154 valence electrons. The molecule has 7 heteroatoms. The SMILES string of the molecule is O=C1CCC(c2cccc(C(F)(F)F)c2)N1c1ccc(Oc2ccc(Cl)cc2)cc1. The van der Waals surface area contributed by atoms with Crippen molar-refractivity contribution in [3.63, 3.8) is 0 Å². The Morgan fingerprint density at radius 3 is 2.20 bits per heavy atom. The molecule has 0 N–H and O–H groups in total. The number of anilines is 1. The number of hydrogen-bond acceptors (Lipinski definition) is 2. The van der Waals surface area contributed by atoms with Crippen LogP contribution in [0.15, 0.2) is 72.8 Å². The van der Waals surface area contributed by atoms with Crippen LogP contribution in [0.25, 0.3) is 0 Å². The van der Waals surface area contributed by atoms with Gasteiger partial charge in [0.2, 0.25) is 5.91 Å². The van der Waals surface area contributed by atoms with Crippen molar-refractivity contribution in [2.24, 2.45) is 0 Å². The number of rotatable bonds is 4. The number of benzene rings is 3. The van der Waals surface area contributed by atoms with Gasteiger partial charge in [-0.2, -0.15) is 13.2 Å². The van der Waals surface area contributed by atoms with Gasteiger partial charge in [-0.05, 0) is 72.6 Å². The summed E-state index contributed by atoms with van der Waals surface area (Å²) in [6.45, 7) is 0. The molecular formula is C23H17ClF3NO2. The molecule has 0 aliphatic carbocycles. The molecule has 1 saturated heterocycles. The first-order valence-corrected chi connectivity index (χ1v) is 9.72. The van der Waals surface area contributed by atoms with Crippen LogP contribution in [0.5, 0.6) is 11.5 Å². The monoisotopic (exact) mass is 431 g/mol. The van der Waals surface area contributed by atoms with Crippen LogP contribution in [0.2, 0.25) is 5.02 Å². The van der Waals surface area contributed by atoms with Crippen molar-refractivity contribution in [3.8, 4) is 11.5 Å². The maximum Gasteiger partial charge on any atom is 0.416 e. The first-order valence-electron chi connectivity index (χ1n) is 9.34. The predicted molar refractivity (Wildman–Crippen MR) is 109 cm³/mol. The number of amides is 1. The van der Waals surface area contributed by atoms with Gasteiger partial charge in [0.25, 0.3) is 0 Å². The fourth-order valence-corrected chi connectivity index (χ4v) is 3.68. The number of alkyl halides is 3. The fraction of sp³-hybridized carbons (Fsp3) is 0.174. The van der Waals surface area contributed by atoms with Crippen molar-refractivity contribution >= 4 is 23.2 Å². The zero-order valence-corrected chi connectivity index (χ0v) is 16.5. The maximum absolute atomic E-state index is 13.1. The molecule has 0 bridgehead atoms. The lowest BCUT2D eigenvalue weighted by molar-refractivity contribution is -0.137. The van der Waals surface area contributed by atoms with Gasteiger partial charge in [0, 0.05) is 17.1 Å². The number of ether oxygens (including phenoxy) is 1. The molecule has 30 heavy (non-hydrogen) atoms. The first kappa shape index (κ1) is 20.3. The van der Waals surface area contributed by atoms with Gasteiger partial charge in [-0.15, -0.1) is 0 Å².